The molecule has 0 saturated carbocycles. The lowest BCUT2D eigenvalue weighted by Crippen LogP contribution is -2.24. The van der Waals surface area contributed by atoms with Crippen LogP contribution in [0.1, 0.15) is 29.0 Å². The van der Waals surface area contributed by atoms with E-state index in [-0.39, 0.29) is 16.1 Å². The Morgan fingerprint density at radius 2 is 1.97 bits per heavy atom. The van der Waals surface area contributed by atoms with E-state index in [1.165, 1.54) is 28.3 Å². The highest BCUT2D eigenvalue weighted by Gasteiger charge is 2.22. The van der Waals surface area contributed by atoms with Crippen LogP contribution in [0.3, 0.4) is 0 Å². The number of benzene rings is 1. The number of thiazole rings is 1. The SMILES string of the molecule is O=c1nc2s/c(=C\c3ccc(-c4ccc(F)c(Cl)c4)o3)c(=O)n2c2sc3c(c12)CCCC3. The summed E-state index contributed by atoms with van der Waals surface area (Å²) >= 11 is 8.56. The van der Waals surface area contributed by atoms with Crippen LogP contribution in [0.2, 0.25) is 5.02 Å². The van der Waals surface area contributed by atoms with Crippen LogP contribution < -0.4 is 15.7 Å². The van der Waals surface area contributed by atoms with E-state index in [1.54, 1.807) is 28.7 Å². The summed E-state index contributed by atoms with van der Waals surface area (Å²) < 4.78 is 21.3. The molecule has 0 bridgehead atoms. The van der Waals surface area contributed by atoms with Gasteiger partial charge in [0.25, 0.3) is 11.1 Å². The number of fused-ring (bicyclic) bond motifs is 5. The molecule has 0 amide bonds. The maximum absolute atomic E-state index is 13.4. The largest absolute Gasteiger partial charge is 0.457 e. The predicted molar refractivity (Wildman–Crippen MR) is 126 cm³/mol. The average molecular weight is 485 g/mol. The van der Waals surface area contributed by atoms with Crippen LogP contribution in [0, 0.1) is 5.82 Å². The molecule has 0 aliphatic heterocycles. The van der Waals surface area contributed by atoms with Crippen LogP contribution >= 0.6 is 34.3 Å². The number of aryl methyl sites for hydroxylation is 2. The van der Waals surface area contributed by atoms with Crippen molar-refractivity contribution in [3.05, 3.63) is 82.6 Å². The lowest BCUT2D eigenvalue weighted by molar-refractivity contribution is 0.571. The number of nitrogens with zero attached hydrogens (tertiary/aromatic N) is 2. The number of aromatic nitrogens is 2. The molecule has 4 heterocycles. The van der Waals surface area contributed by atoms with E-state index in [4.69, 9.17) is 16.0 Å². The van der Waals surface area contributed by atoms with E-state index >= 15 is 0 Å². The molecule has 5 nitrogen and oxygen atoms in total. The number of rotatable bonds is 2. The van der Waals surface area contributed by atoms with Crippen LogP contribution in [-0.4, -0.2) is 9.38 Å². The van der Waals surface area contributed by atoms with E-state index in [0.717, 1.165) is 42.6 Å². The number of furan rings is 1. The van der Waals surface area contributed by atoms with Gasteiger partial charge in [0.05, 0.1) is 10.4 Å². The summed E-state index contributed by atoms with van der Waals surface area (Å²) in [7, 11) is 0. The molecule has 9 heteroatoms. The van der Waals surface area contributed by atoms with Gasteiger partial charge in [0.1, 0.15) is 26.7 Å². The van der Waals surface area contributed by atoms with E-state index in [1.807, 2.05) is 0 Å². The third-order valence-electron chi connectivity index (χ3n) is 5.68. The molecule has 0 radical (unpaired) electrons. The smallest absolute Gasteiger partial charge is 0.282 e. The number of halogens is 2. The van der Waals surface area contributed by atoms with Crippen molar-refractivity contribution in [1.29, 1.82) is 0 Å². The van der Waals surface area contributed by atoms with Crippen LogP contribution in [0.5, 0.6) is 0 Å². The Hall–Kier alpha value is -2.81. The Balaban J connectivity index is 1.51. The zero-order chi connectivity index (χ0) is 22.0. The van der Waals surface area contributed by atoms with Crippen molar-refractivity contribution in [2.75, 3.05) is 0 Å². The molecule has 1 aliphatic carbocycles. The molecule has 6 rings (SSSR count). The van der Waals surface area contributed by atoms with Gasteiger partial charge in [-0.1, -0.05) is 22.9 Å². The van der Waals surface area contributed by atoms with E-state index in [2.05, 4.69) is 4.98 Å². The summed E-state index contributed by atoms with van der Waals surface area (Å²) in [4.78, 5) is 32.4. The van der Waals surface area contributed by atoms with Crippen LogP contribution in [-0.2, 0) is 12.8 Å². The van der Waals surface area contributed by atoms with E-state index < -0.39 is 5.82 Å². The van der Waals surface area contributed by atoms with Crippen molar-refractivity contribution in [3.8, 4) is 11.3 Å². The summed E-state index contributed by atoms with van der Waals surface area (Å²) in [5, 5.41) is 0.603. The average Bonchev–Trinajstić information content (AvgIpc) is 3.47. The molecule has 0 saturated heterocycles. The molecule has 4 aromatic heterocycles. The summed E-state index contributed by atoms with van der Waals surface area (Å²) in [5.41, 5.74) is 1.21. The summed E-state index contributed by atoms with van der Waals surface area (Å²) in [6.07, 6.45) is 5.59. The van der Waals surface area contributed by atoms with Crippen molar-refractivity contribution >= 4 is 55.5 Å². The Bertz CT molecular complexity index is 1710. The van der Waals surface area contributed by atoms with Crippen LogP contribution in [0.25, 0.3) is 32.6 Å². The fraction of sp³-hybridized carbons (Fsp3) is 0.174. The Morgan fingerprint density at radius 1 is 1.12 bits per heavy atom. The molecular formula is C23H14ClFN2O3S2. The topological polar surface area (TPSA) is 64.6 Å². The molecule has 5 aromatic rings. The minimum absolute atomic E-state index is 0.00864. The first-order valence-corrected chi connectivity index (χ1v) is 12.1. The number of thiophene rings is 1. The molecule has 0 fully saturated rings. The maximum atomic E-state index is 13.4. The van der Waals surface area contributed by atoms with Gasteiger partial charge in [-0.05, 0) is 61.6 Å². The Kier molecular flexibility index (Phi) is 4.57. The minimum Gasteiger partial charge on any atom is -0.457 e. The number of hydrogen-bond acceptors (Lipinski definition) is 6. The van der Waals surface area contributed by atoms with Gasteiger partial charge in [0, 0.05) is 16.5 Å². The first-order chi connectivity index (χ1) is 15.5. The Morgan fingerprint density at radius 3 is 2.81 bits per heavy atom. The second kappa shape index (κ2) is 7.37. The fourth-order valence-electron chi connectivity index (χ4n) is 4.16. The molecule has 1 aromatic carbocycles. The van der Waals surface area contributed by atoms with Gasteiger partial charge >= 0.3 is 0 Å². The first kappa shape index (κ1) is 19.8. The molecule has 32 heavy (non-hydrogen) atoms. The first-order valence-electron chi connectivity index (χ1n) is 10.1. The number of hydrogen-bond donors (Lipinski definition) is 0. The van der Waals surface area contributed by atoms with Crippen molar-refractivity contribution in [1.82, 2.24) is 9.38 Å². The monoisotopic (exact) mass is 484 g/mol. The lowest BCUT2D eigenvalue weighted by Gasteiger charge is -2.09. The summed E-state index contributed by atoms with van der Waals surface area (Å²) in [6.45, 7) is 0. The molecule has 0 spiro atoms. The van der Waals surface area contributed by atoms with E-state index in [0.29, 0.717) is 36.8 Å². The molecule has 160 valence electrons. The standard InChI is InChI=1S/C23H14ClFN2O3S2/c24-14-9-11(5-7-15(14)25)16-8-6-12(30-16)10-18-21(29)27-22-19(20(28)26-23(27)32-18)13-3-1-2-4-17(13)31-22/h5-10H,1-4H2/b18-10-. The van der Waals surface area contributed by atoms with Gasteiger partial charge in [-0.3, -0.25) is 9.59 Å². The van der Waals surface area contributed by atoms with Crippen molar-refractivity contribution in [3.63, 3.8) is 0 Å². The molecule has 0 atom stereocenters. The maximum Gasteiger partial charge on any atom is 0.282 e. The van der Waals surface area contributed by atoms with Crippen LogP contribution in [0.15, 0.2) is 44.3 Å². The quantitative estimate of drug-likeness (QED) is 0.360. The second-order valence-electron chi connectivity index (χ2n) is 7.67. The van der Waals surface area contributed by atoms with Crippen molar-refractivity contribution in [2.24, 2.45) is 0 Å². The highest BCUT2D eigenvalue weighted by Crippen LogP contribution is 2.34. The summed E-state index contributed by atoms with van der Waals surface area (Å²) in [5.74, 6) is 0.472. The fourth-order valence-corrected chi connectivity index (χ4v) is 6.73. The van der Waals surface area contributed by atoms with Gasteiger partial charge in [-0.25, -0.2) is 8.79 Å². The van der Waals surface area contributed by atoms with Gasteiger partial charge < -0.3 is 4.42 Å². The third-order valence-corrected chi connectivity index (χ3v) is 8.21. The molecule has 1 aliphatic rings. The zero-order valence-corrected chi connectivity index (χ0v) is 18.9. The second-order valence-corrected chi connectivity index (χ2v) is 10.2. The van der Waals surface area contributed by atoms with E-state index in [9.17, 15) is 14.0 Å². The molecule has 0 unspecified atom stereocenters. The predicted octanol–water partition coefficient (Wildman–Crippen LogP) is 4.81. The van der Waals surface area contributed by atoms with Gasteiger partial charge in [0.15, 0.2) is 0 Å². The molecular weight excluding hydrogens is 471 g/mol. The Labute approximate surface area is 193 Å². The highest BCUT2D eigenvalue weighted by atomic mass is 35.5. The lowest BCUT2D eigenvalue weighted by atomic mass is 9.97. The highest BCUT2D eigenvalue weighted by molar-refractivity contribution is 7.19. The van der Waals surface area contributed by atoms with Crippen molar-refractivity contribution < 1.29 is 8.81 Å². The summed E-state index contributed by atoms with van der Waals surface area (Å²) in [6, 6.07) is 7.81. The van der Waals surface area contributed by atoms with Gasteiger partial charge in [-0.2, -0.15) is 4.98 Å². The van der Waals surface area contributed by atoms with Crippen molar-refractivity contribution in [2.45, 2.75) is 25.7 Å². The van der Waals surface area contributed by atoms with Gasteiger partial charge in [-0.15, -0.1) is 11.3 Å². The van der Waals surface area contributed by atoms with Gasteiger partial charge in [0.2, 0.25) is 4.96 Å². The minimum atomic E-state index is -0.501. The normalized spacial score (nSPS) is 14.5. The zero-order valence-electron chi connectivity index (χ0n) is 16.5. The molecule has 0 N–H and O–H groups in total. The third kappa shape index (κ3) is 3.05. The van der Waals surface area contributed by atoms with Crippen LogP contribution in [0.4, 0.5) is 4.39 Å².